The van der Waals surface area contributed by atoms with E-state index in [0.29, 0.717) is 28.6 Å². The number of hydrogen-bond acceptors (Lipinski definition) is 2. The number of benzene rings is 1. The monoisotopic (exact) mass is 281 g/mol. The summed E-state index contributed by atoms with van der Waals surface area (Å²) in [5.74, 6) is 0.281. The number of carbonyl (C=O) groups is 1. The van der Waals surface area contributed by atoms with Crippen molar-refractivity contribution >= 4 is 23.3 Å². The molecule has 0 amide bonds. The van der Waals surface area contributed by atoms with Crippen molar-refractivity contribution in [2.24, 2.45) is 11.8 Å². The second-order valence-electron chi connectivity index (χ2n) is 5.51. The van der Waals surface area contributed by atoms with E-state index >= 15 is 0 Å². The lowest BCUT2D eigenvalue weighted by molar-refractivity contribution is 0.0698. The molecule has 0 aromatic heterocycles. The predicted molar refractivity (Wildman–Crippen MR) is 78.0 cm³/mol. The highest BCUT2D eigenvalue weighted by Gasteiger charge is 2.27. The Hall–Kier alpha value is -1.22. The zero-order valence-corrected chi connectivity index (χ0v) is 12.1. The summed E-state index contributed by atoms with van der Waals surface area (Å²) in [6, 6.07) is 5.20. The van der Waals surface area contributed by atoms with Gasteiger partial charge in [0.1, 0.15) is 0 Å². The van der Waals surface area contributed by atoms with Crippen molar-refractivity contribution in [2.75, 3.05) is 5.32 Å². The normalized spacial score (nSPS) is 27.0. The highest BCUT2D eigenvalue weighted by Crippen LogP contribution is 2.33. The third kappa shape index (κ3) is 3.21. The maximum Gasteiger partial charge on any atom is 0.337 e. The number of anilines is 1. The molecule has 1 aliphatic carbocycles. The van der Waals surface area contributed by atoms with Crippen LogP contribution in [0, 0.1) is 11.8 Å². The topological polar surface area (TPSA) is 49.3 Å². The minimum atomic E-state index is -0.921. The average molecular weight is 282 g/mol. The Kier molecular flexibility index (Phi) is 4.35. The first-order chi connectivity index (χ1) is 8.99. The van der Waals surface area contributed by atoms with E-state index in [-0.39, 0.29) is 5.56 Å². The Bertz CT molecular complexity index is 475. The zero-order valence-electron chi connectivity index (χ0n) is 11.3. The molecule has 0 saturated heterocycles. The van der Waals surface area contributed by atoms with Crippen molar-refractivity contribution in [3.63, 3.8) is 0 Å². The average Bonchev–Trinajstić information content (AvgIpc) is 2.35. The van der Waals surface area contributed by atoms with Crippen LogP contribution in [-0.4, -0.2) is 17.1 Å². The molecule has 0 aliphatic heterocycles. The Morgan fingerprint density at radius 3 is 2.79 bits per heavy atom. The highest BCUT2D eigenvalue weighted by atomic mass is 35.5. The smallest absolute Gasteiger partial charge is 0.337 e. The lowest BCUT2D eigenvalue weighted by atomic mass is 9.78. The molecule has 0 bridgehead atoms. The molecule has 0 spiro atoms. The largest absolute Gasteiger partial charge is 0.478 e. The summed E-state index contributed by atoms with van der Waals surface area (Å²) >= 11 is 5.97. The van der Waals surface area contributed by atoms with Gasteiger partial charge < -0.3 is 10.4 Å². The zero-order chi connectivity index (χ0) is 14.0. The lowest BCUT2D eigenvalue weighted by Gasteiger charge is -2.35. The summed E-state index contributed by atoms with van der Waals surface area (Å²) in [6.45, 7) is 4.49. The van der Waals surface area contributed by atoms with Crippen molar-refractivity contribution in [3.8, 4) is 0 Å². The Balaban J connectivity index is 2.22. The van der Waals surface area contributed by atoms with Gasteiger partial charge in [-0.15, -0.1) is 0 Å². The maximum atomic E-state index is 11.2. The van der Waals surface area contributed by atoms with E-state index in [1.807, 2.05) is 0 Å². The van der Waals surface area contributed by atoms with Crippen LogP contribution < -0.4 is 5.32 Å². The van der Waals surface area contributed by atoms with Crippen LogP contribution in [-0.2, 0) is 0 Å². The van der Waals surface area contributed by atoms with Gasteiger partial charge in [-0.25, -0.2) is 4.79 Å². The quantitative estimate of drug-likeness (QED) is 0.870. The minimum Gasteiger partial charge on any atom is -0.478 e. The summed E-state index contributed by atoms with van der Waals surface area (Å²) in [6.07, 6.45) is 3.52. The molecule has 1 aromatic rings. The number of hydrogen-bond donors (Lipinski definition) is 2. The van der Waals surface area contributed by atoms with Crippen molar-refractivity contribution < 1.29 is 9.90 Å². The van der Waals surface area contributed by atoms with E-state index in [2.05, 4.69) is 19.2 Å². The first kappa shape index (κ1) is 14.2. The number of carboxylic acids is 1. The molecule has 19 heavy (non-hydrogen) atoms. The van der Waals surface area contributed by atoms with Crippen LogP contribution in [0.5, 0.6) is 0 Å². The molecule has 1 aromatic carbocycles. The van der Waals surface area contributed by atoms with Gasteiger partial charge in [-0.1, -0.05) is 38.3 Å². The summed E-state index contributed by atoms with van der Waals surface area (Å²) < 4.78 is 0. The van der Waals surface area contributed by atoms with E-state index in [0.717, 1.165) is 6.42 Å². The predicted octanol–water partition coefficient (Wildman–Crippen LogP) is 4.27. The highest BCUT2D eigenvalue weighted by molar-refractivity contribution is 6.31. The summed E-state index contributed by atoms with van der Waals surface area (Å²) in [5, 5.41) is 13.2. The molecule has 3 unspecified atom stereocenters. The second-order valence-corrected chi connectivity index (χ2v) is 5.95. The van der Waals surface area contributed by atoms with Crippen molar-refractivity contribution in [3.05, 3.63) is 28.8 Å². The summed E-state index contributed by atoms with van der Waals surface area (Å²) in [4.78, 5) is 11.2. The van der Waals surface area contributed by atoms with Gasteiger partial charge in [0.25, 0.3) is 0 Å². The molecule has 0 radical (unpaired) electrons. The van der Waals surface area contributed by atoms with E-state index in [4.69, 9.17) is 11.6 Å². The van der Waals surface area contributed by atoms with Gasteiger partial charge in [-0.05, 0) is 36.5 Å². The van der Waals surface area contributed by atoms with Crippen molar-refractivity contribution in [1.82, 2.24) is 0 Å². The van der Waals surface area contributed by atoms with Gasteiger partial charge >= 0.3 is 5.97 Å². The molecule has 3 atom stereocenters. The lowest BCUT2D eigenvalue weighted by Crippen LogP contribution is -2.35. The Morgan fingerprint density at radius 2 is 2.11 bits per heavy atom. The number of halogens is 1. The Labute approximate surface area is 119 Å². The fourth-order valence-corrected chi connectivity index (χ4v) is 2.98. The molecular weight excluding hydrogens is 262 g/mol. The van der Waals surface area contributed by atoms with Crippen LogP contribution in [0.2, 0.25) is 5.02 Å². The van der Waals surface area contributed by atoms with Crippen LogP contribution in [0.25, 0.3) is 0 Å². The molecule has 2 rings (SSSR count). The first-order valence-corrected chi connectivity index (χ1v) is 7.16. The standard InChI is InChI=1S/C15H20ClNO2/c1-9-4-3-5-13(10(9)2)17-14-8-11(16)6-7-12(14)15(18)19/h6-10,13,17H,3-5H2,1-2H3,(H,18,19). The summed E-state index contributed by atoms with van der Waals surface area (Å²) in [7, 11) is 0. The fourth-order valence-electron chi connectivity index (χ4n) is 2.81. The molecular formula is C15H20ClNO2. The summed E-state index contributed by atoms with van der Waals surface area (Å²) in [5.41, 5.74) is 0.917. The van der Waals surface area contributed by atoms with Gasteiger partial charge in [0, 0.05) is 11.1 Å². The number of carboxylic acid groups (broad SMARTS) is 1. The SMILES string of the molecule is CC1CCCC(Nc2cc(Cl)ccc2C(=O)O)C1C. The number of nitrogens with one attached hydrogen (secondary N) is 1. The van der Waals surface area contributed by atoms with Gasteiger partial charge in [0.05, 0.1) is 11.3 Å². The van der Waals surface area contributed by atoms with Crippen molar-refractivity contribution in [1.29, 1.82) is 0 Å². The molecule has 2 N–H and O–H groups in total. The first-order valence-electron chi connectivity index (χ1n) is 6.78. The van der Waals surface area contributed by atoms with Gasteiger partial charge in [-0.2, -0.15) is 0 Å². The minimum absolute atomic E-state index is 0.287. The fraction of sp³-hybridized carbons (Fsp3) is 0.533. The third-order valence-electron chi connectivity index (χ3n) is 4.26. The van der Waals surface area contributed by atoms with Gasteiger partial charge in [-0.3, -0.25) is 0 Å². The maximum absolute atomic E-state index is 11.2. The van der Waals surface area contributed by atoms with Crippen LogP contribution in [0.1, 0.15) is 43.5 Å². The second kappa shape index (κ2) is 5.83. The number of aromatic carboxylic acids is 1. The van der Waals surface area contributed by atoms with Crippen LogP contribution in [0.15, 0.2) is 18.2 Å². The van der Waals surface area contributed by atoms with E-state index in [9.17, 15) is 9.90 Å². The van der Waals surface area contributed by atoms with Crippen molar-refractivity contribution in [2.45, 2.75) is 39.2 Å². The Morgan fingerprint density at radius 1 is 1.37 bits per heavy atom. The number of rotatable bonds is 3. The van der Waals surface area contributed by atoms with Crippen LogP contribution >= 0.6 is 11.6 Å². The molecule has 1 saturated carbocycles. The molecule has 3 nitrogen and oxygen atoms in total. The van der Waals surface area contributed by atoms with E-state index in [1.165, 1.54) is 12.8 Å². The van der Waals surface area contributed by atoms with Crippen LogP contribution in [0.3, 0.4) is 0 Å². The van der Waals surface area contributed by atoms with E-state index < -0.39 is 5.97 Å². The molecule has 4 heteroatoms. The van der Waals surface area contributed by atoms with Gasteiger partial charge in [0.2, 0.25) is 0 Å². The van der Waals surface area contributed by atoms with Crippen LogP contribution in [0.4, 0.5) is 5.69 Å². The molecule has 1 aliphatic rings. The molecule has 104 valence electrons. The molecule has 1 fully saturated rings. The van der Waals surface area contributed by atoms with E-state index in [1.54, 1.807) is 18.2 Å². The molecule has 0 heterocycles. The van der Waals surface area contributed by atoms with Gasteiger partial charge in [0.15, 0.2) is 0 Å². The third-order valence-corrected chi connectivity index (χ3v) is 4.49.